The number of ether oxygens (including phenoxy) is 3. The fraction of sp³-hybridized carbons (Fsp3) is 0.500. The summed E-state index contributed by atoms with van der Waals surface area (Å²) in [5.74, 6) is -0.594. The summed E-state index contributed by atoms with van der Waals surface area (Å²) < 4.78 is 35.0. The number of aliphatic hydroxyl groups is 8. The lowest BCUT2D eigenvalue weighted by Crippen LogP contribution is -2.37. The van der Waals surface area contributed by atoms with Gasteiger partial charge in [-0.25, -0.2) is 48.5 Å². The SMILES string of the molecule is Cn1nc(N)c(=O)c2c(N[C@@H]3O[C@H](CO)C(O)[C@@H]3O)ncnc21.Cn1nc(N)c(=O)c2c(N[C@@H]3O[C@H](COP(=O)(O)O)C(O)[C@@H]3O)ncnc21.Cn1nc(N)c(=O)c2c(N[C@H]3O[C@H](CO)C(O)[C@@H]3O)ncnc21. The standard InChI is InChI=1S/C12H17N6O8P.2C12H16N6O5/c1-18-11-5(7(20)9(13)17-18)10(14-3-15-11)16-12-8(21)6(19)4(26-12)2-25-27(22,23)24;2*1-18-11-5(7(21)9(13)17-18)10(14-3-15-11)16-12-8(22)6(20)4(2-19)23-12/h3-4,6,8,12,19,21H,2H2,1H3,(H2,13,17)(H,14,15,16)(H2,22,23,24);2*3-4,6,8,12,19-20,22H,2H2,1H3,(H2,13,17)(H,14,15,16)/t4-,6?,8+,12-;4-,6?,8+,12+;4-,6?,8+,12-/m111/s1. The number of fused-ring (bicyclic) bond motifs is 3. The molecule has 0 radical (unpaired) electrons. The molecule has 37 heteroatoms. The maximum absolute atomic E-state index is 12.3. The Morgan fingerprint density at radius 3 is 1.10 bits per heavy atom. The minimum absolute atomic E-state index is 0.00675. The van der Waals surface area contributed by atoms with E-state index in [1.54, 1.807) is 14.1 Å². The Bertz CT molecular complexity index is 3090. The van der Waals surface area contributed by atoms with Gasteiger partial charge in [-0.2, -0.15) is 0 Å². The van der Waals surface area contributed by atoms with Gasteiger partial charge in [0.15, 0.2) is 53.1 Å². The second-order valence-electron chi connectivity index (χ2n) is 16.1. The Morgan fingerprint density at radius 1 is 0.534 bits per heavy atom. The van der Waals surface area contributed by atoms with Crippen molar-refractivity contribution in [1.29, 1.82) is 0 Å². The molecule has 3 aliphatic rings. The van der Waals surface area contributed by atoms with Crippen molar-refractivity contribution in [3.63, 3.8) is 0 Å². The lowest BCUT2D eigenvalue weighted by Gasteiger charge is -2.18. The number of aliphatic hydroxyl groups excluding tert-OH is 8. The third kappa shape index (κ3) is 11.1. The van der Waals surface area contributed by atoms with E-state index in [0.29, 0.717) is 0 Å². The van der Waals surface area contributed by atoms with Crippen LogP contribution in [0.25, 0.3) is 33.1 Å². The second-order valence-corrected chi connectivity index (χ2v) is 17.3. The molecule has 3 saturated heterocycles. The summed E-state index contributed by atoms with van der Waals surface area (Å²) in [6.07, 6.45) is -11.0. The van der Waals surface area contributed by atoms with Gasteiger partial charge < -0.3 is 98.0 Å². The maximum Gasteiger partial charge on any atom is 0.469 e. The molecule has 9 rings (SSSR count). The van der Waals surface area contributed by atoms with Gasteiger partial charge in [0.2, 0.25) is 16.3 Å². The molecule has 0 aliphatic carbocycles. The summed E-state index contributed by atoms with van der Waals surface area (Å²) in [4.78, 5) is 78.0. The number of nitrogens with zero attached hydrogens (tertiary/aromatic N) is 12. The molecule has 6 aromatic rings. The van der Waals surface area contributed by atoms with Crippen LogP contribution in [-0.2, 0) is 44.4 Å². The Hall–Kier alpha value is -6.87. The first-order valence-electron chi connectivity index (χ1n) is 21.1. The number of hydrogen-bond acceptors (Lipinski definition) is 31. The van der Waals surface area contributed by atoms with Crippen molar-refractivity contribution in [2.45, 2.75) is 73.6 Å². The third-order valence-corrected chi connectivity index (χ3v) is 11.7. The number of phosphoric ester groups is 1. The Kier molecular flexibility index (Phi) is 16.0. The highest BCUT2D eigenvalue weighted by Crippen LogP contribution is 2.37. The minimum Gasteiger partial charge on any atom is -0.394 e. The smallest absolute Gasteiger partial charge is 0.394 e. The van der Waals surface area contributed by atoms with Crippen LogP contribution in [0.2, 0.25) is 0 Å². The number of nitrogens with one attached hydrogen (secondary N) is 3. The topological polar surface area (TPSA) is 552 Å². The highest BCUT2D eigenvalue weighted by atomic mass is 31.2. The van der Waals surface area contributed by atoms with E-state index in [2.05, 4.69) is 65.7 Å². The molecule has 3 unspecified atom stereocenters. The lowest BCUT2D eigenvalue weighted by atomic mass is 10.1. The fourth-order valence-electron chi connectivity index (χ4n) is 7.59. The summed E-state index contributed by atoms with van der Waals surface area (Å²) >= 11 is 0. The number of hydrogen-bond donors (Lipinski definition) is 16. The second kappa shape index (κ2) is 21.7. The molecular weight excluding hydrogens is 1000 g/mol. The van der Waals surface area contributed by atoms with E-state index in [0.717, 1.165) is 6.33 Å². The largest absolute Gasteiger partial charge is 0.469 e. The first-order valence-corrected chi connectivity index (χ1v) is 22.7. The average molecular weight is 1050 g/mol. The first-order chi connectivity index (χ1) is 34.5. The van der Waals surface area contributed by atoms with Crippen LogP contribution in [0.3, 0.4) is 0 Å². The van der Waals surface area contributed by atoms with Gasteiger partial charge in [-0.15, -0.1) is 15.3 Å². The molecule has 3 fully saturated rings. The first kappa shape index (κ1) is 53.9. The van der Waals surface area contributed by atoms with Crippen LogP contribution >= 0.6 is 7.82 Å². The quantitative estimate of drug-likeness (QED) is 0.0536. The number of phosphoric acid groups is 1. The van der Waals surface area contributed by atoms with Crippen molar-refractivity contribution < 1.29 is 73.9 Å². The molecule has 0 amide bonds. The van der Waals surface area contributed by atoms with E-state index in [9.17, 15) is 49.6 Å². The molecule has 36 nitrogen and oxygen atoms in total. The molecule has 3 aliphatic heterocycles. The number of aromatic nitrogens is 12. The monoisotopic (exact) mass is 1050 g/mol. The predicted molar refractivity (Wildman–Crippen MR) is 246 cm³/mol. The molecule has 396 valence electrons. The maximum atomic E-state index is 12.3. The predicted octanol–water partition coefficient (Wildman–Crippen LogP) is -8.41. The average Bonchev–Trinajstić information content (AvgIpc) is 3.90. The van der Waals surface area contributed by atoms with Gasteiger partial charge in [-0.1, -0.05) is 0 Å². The van der Waals surface area contributed by atoms with E-state index in [1.165, 1.54) is 33.7 Å². The molecule has 73 heavy (non-hydrogen) atoms. The van der Waals surface area contributed by atoms with Crippen molar-refractivity contribution in [2.75, 3.05) is 53.0 Å². The van der Waals surface area contributed by atoms with E-state index >= 15 is 0 Å². The van der Waals surface area contributed by atoms with E-state index in [4.69, 9.17) is 51.4 Å². The van der Waals surface area contributed by atoms with Crippen LogP contribution in [0, 0.1) is 0 Å². The number of anilines is 6. The number of nitrogens with two attached hydrogens (primary N) is 3. The van der Waals surface area contributed by atoms with Crippen LogP contribution in [0.15, 0.2) is 33.4 Å². The van der Waals surface area contributed by atoms with E-state index < -0.39 is 118 Å². The fourth-order valence-corrected chi connectivity index (χ4v) is 7.93. The normalized spacial score (nSPS) is 26.9. The zero-order valence-corrected chi connectivity index (χ0v) is 39.0. The third-order valence-electron chi connectivity index (χ3n) is 11.2. The molecule has 0 bridgehead atoms. The van der Waals surface area contributed by atoms with Crippen LogP contribution in [-0.4, -0.2) is 203 Å². The number of aryl methyl sites for hydroxylation is 3. The van der Waals surface area contributed by atoms with Crippen LogP contribution in [0.5, 0.6) is 0 Å². The zero-order valence-electron chi connectivity index (χ0n) is 38.1. The lowest BCUT2D eigenvalue weighted by molar-refractivity contribution is -0.0153. The summed E-state index contributed by atoms with van der Waals surface area (Å²) in [6, 6.07) is 0. The highest BCUT2D eigenvalue weighted by molar-refractivity contribution is 7.46. The van der Waals surface area contributed by atoms with Gasteiger partial charge in [-0.3, -0.25) is 18.9 Å². The zero-order chi connectivity index (χ0) is 53.4. The summed E-state index contributed by atoms with van der Waals surface area (Å²) in [5.41, 5.74) is 15.6. The van der Waals surface area contributed by atoms with Crippen molar-refractivity contribution in [1.82, 2.24) is 59.2 Å². The highest BCUT2D eigenvalue weighted by Gasteiger charge is 2.45. The Morgan fingerprint density at radius 2 is 0.822 bits per heavy atom. The minimum atomic E-state index is -4.78. The molecule has 0 saturated carbocycles. The van der Waals surface area contributed by atoms with Gasteiger partial charge in [0.25, 0.3) is 0 Å². The van der Waals surface area contributed by atoms with Crippen LogP contribution in [0.4, 0.5) is 34.9 Å². The van der Waals surface area contributed by atoms with Gasteiger partial charge >= 0.3 is 7.82 Å². The Balaban J connectivity index is 0.000000161. The van der Waals surface area contributed by atoms with Crippen LogP contribution < -0.4 is 49.4 Å². The Labute approximate surface area is 405 Å². The summed E-state index contributed by atoms with van der Waals surface area (Å²) in [6.45, 7) is -1.58. The van der Waals surface area contributed by atoms with Crippen molar-refractivity contribution in [3.05, 3.63) is 49.7 Å². The van der Waals surface area contributed by atoms with Gasteiger partial charge in [-0.05, 0) is 0 Å². The molecule has 19 N–H and O–H groups in total. The molecule has 12 atom stereocenters. The van der Waals surface area contributed by atoms with Crippen LogP contribution in [0.1, 0.15) is 0 Å². The van der Waals surface area contributed by atoms with E-state index in [-0.39, 0.29) is 68.0 Å². The summed E-state index contributed by atoms with van der Waals surface area (Å²) in [7, 11) is -0.115. The van der Waals surface area contributed by atoms with Crippen molar-refractivity contribution in [3.8, 4) is 0 Å². The van der Waals surface area contributed by atoms with E-state index in [1.807, 2.05) is 0 Å². The van der Waals surface area contributed by atoms with Crippen molar-refractivity contribution >= 4 is 75.8 Å². The number of nitrogen functional groups attached to an aromatic ring is 3. The molecular formula is C36H49N18O18P. The van der Waals surface area contributed by atoms with Gasteiger partial charge in [0.05, 0.1) is 19.8 Å². The summed E-state index contributed by atoms with van der Waals surface area (Å²) in [5, 5.41) is 97.5. The molecule has 9 heterocycles. The van der Waals surface area contributed by atoms with Gasteiger partial charge in [0, 0.05) is 21.1 Å². The molecule has 0 aromatic carbocycles. The van der Waals surface area contributed by atoms with Gasteiger partial charge in [0.1, 0.15) is 108 Å². The molecule has 0 spiro atoms. The van der Waals surface area contributed by atoms with Crippen molar-refractivity contribution in [2.24, 2.45) is 21.1 Å². The number of rotatable bonds is 11. The molecule has 6 aromatic heterocycles.